The summed E-state index contributed by atoms with van der Waals surface area (Å²) in [6, 6.07) is -0.198. The minimum absolute atomic E-state index is 0.0265. The largest absolute Gasteiger partial charge is 0.313 e. The van der Waals surface area contributed by atoms with Crippen molar-refractivity contribution in [3.8, 4) is 0 Å². The molecule has 0 aromatic carbocycles. The molecule has 2 rings (SSSR count). The first-order valence-corrected chi connectivity index (χ1v) is 10.3. The van der Waals surface area contributed by atoms with Gasteiger partial charge in [0.2, 0.25) is 10.0 Å². The molecule has 2 heterocycles. The number of hydrogen-bond donors (Lipinski definition) is 2. The van der Waals surface area contributed by atoms with E-state index in [0.29, 0.717) is 12.8 Å². The molecule has 0 aliphatic carbocycles. The van der Waals surface area contributed by atoms with Crippen LogP contribution < -0.4 is 10.0 Å². The quantitative estimate of drug-likeness (QED) is 0.739. The maximum atomic E-state index is 12.0. The molecule has 2 aliphatic rings. The Bertz CT molecular complexity index is 481. The topological polar surface area (TPSA) is 92.3 Å². The zero-order valence-electron chi connectivity index (χ0n) is 11.0. The van der Waals surface area contributed by atoms with E-state index in [1.807, 2.05) is 0 Å². The molecule has 2 fully saturated rings. The van der Waals surface area contributed by atoms with E-state index in [4.69, 9.17) is 0 Å². The van der Waals surface area contributed by atoms with Crippen LogP contribution in [0.3, 0.4) is 0 Å². The normalized spacial score (nSPS) is 29.2. The van der Waals surface area contributed by atoms with E-state index in [1.165, 1.54) is 0 Å². The Morgan fingerprint density at radius 1 is 1.11 bits per heavy atom. The van der Waals surface area contributed by atoms with Crippen molar-refractivity contribution in [3.05, 3.63) is 0 Å². The average Bonchev–Trinajstić information content (AvgIpc) is 2.32. The summed E-state index contributed by atoms with van der Waals surface area (Å²) in [6.07, 6.45) is 3.83. The van der Waals surface area contributed by atoms with Crippen LogP contribution in [0.1, 0.15) is 32.1 Å². The van der Waals surface area contributed by atoms with E-state index < -0.39 is 19.9 Å². The molecule has 0 saturated carbocycles. The second-order valence-electron chi connectivity index (χ2n) is 5.47. The molecule has 0 radical (unpaired) electrons. The highest BCUT2D eigenvalue weighted by atomic mass is 32.2. The van der Waals surface area contributed by atoms with Crippen LogP contribution in [-0.4, -0.2) is 52.7 Å². The molecule has 2 N–H and O–H groups in total. The fourth-order valence-corrected chi connectivity index (χ4v) is 5.79. The highest BCUT2D eigenvalue weighted by molar-refractivity contribution is 7.91. The average molecular weight is 310 g/mol. The first kappa shape index (κ1) is 15.2. The predicted octanol–water partition coefficient (Wildman–Crippen LogP) is -0.375. The minimum atomic E-state index is -3.33. The van der Waals surface area contributed by atoms with E-state index in [0.717, 1.165) is 25.8 Å². The third-order valence-electron chi connectivity index (χ3n) is 3.73. The number of nitrogens with one attached hydrogen (secondary N) is 2. The van der Waals surface area contributed by atoms with E-state index in [9.17, 15) is 16.8 Å². The summed E-state index contributed by atoms with van der Waals surface area (Å²) >= 11 is 0. The zero-order chi connectivity index (χ0) is 13.9. The van der Waals surface area contributed by atoms with Crippen molar-refractivity contribution in [2.24, 2.45) is 0 Å². The van der Waals surface area contributed by atoms with Crippen LogP contribution in [0.4, 0.5) is 0 Å². The second kappa shape index (κ2) is 6.07. The summed E-state index contributed by atoms with van der Waals surface area (Å²) in [5.41, 5.74) is 0. The van der Waals surface area contributed by atoms with E-state index in [2.05, 4.69) is 10.0 Å². The van der Waals surface area contributed by atoms with Gasteiger partial charge < -0.3 is 5.32 Å². The highest BCUT2D eigenvalue weighted by Gasteiger charge is 2.28. The maximum absolute atomic E-state index is 12.0. The second-order valence-corrected chi connectivity index (χ2v) is 9.57. The minimum Gasteiger partial charge on any atom is -0.313 e. The Kier molecular flexibility index (Phi) is 4.86. The van der Waals surface area contributed by atoms with Crippen LogP contribution in [0.5, 0.6) is 0 Å². The van der Waals surface area contributed by atoms with Gasteiger partial charge in [-0.1, -0.05) is 6.42 Å². The standard InChI is InChI=1S/C11H22N2O4S2/c14-18(15)7-4-10(5-8-18)13-19(16,17)9-11-3-1-2-6-12-11/h10-13H,1-9H2. The third-order valence-corrected chi connectivity index (χ3v) is 6.98. The molecular weight excluding hydrogens is 288 g/mol. The van der Waals surface area contributed by atoms with Crippen molar-refractivity contribution < 1.29 is 16.8 Å². The van der Waals surface area contributed by atoms with Crippen molar-refractivity contribution in [2.75, 3.05) is 23.8 Å². The lowest BCUT2D eigenvalue weighted by Gasteiger charge is -2.26. The van der Waals surface area contributed by atoms with Gasteiger partial charge >= 0.3 is 0 Å². The fourth-order valence-electron chi connectivity index (χ4n) is 2.64. The molecular formula is C11H22N2O4S2. The molecule has 0 amide bonds. The molecule has 0 aromatic rings. The predicted molar refractivity (Wildman–Crippen MR) is 74.2 cm³/mol. The lowest BCUT2D eigenvalue weighted by molar-refractivity contribution is 0.420. The van der Waals surface area contributed by atoms with Crippen molar-refractivity contribution in [2.45, 2.75) is 44.2 Å². The molecule has 0 bridgehead atoms. The fraction of sp³-hybridized carbons (Fsp3) is 1.00. The van der Waals surface area contributed by atoms with Gasteiger partial charge in [0.1, 0.15) is 9.84 Å². The molecule has 112 valence electrons. The highest BCUT2D eigenvalue weighted by Crippen LogP contribution is 2.14. The number of hydrogen-bond acceptors (Lipinski definition) is 5. The van der Waals surface area contributed by atoms with Crippen LogP contribution in [0, 0.1) is 0 Å². The molecule has 6 nitrogen and oxygen atoms in total. The summed E-state index contributed by atoms with van der Waals surface area (Å²) in [4.78, 5) is 0. The van der Waals surface area contributed by atoms with Gasteiger partial charge in [-0.05, 0) is 32.2 Å². The van der Waals surface area contributed by atoms with Gasteiger partial charge in [-0.25, -0.2) is 21.6 Å². The SMILES string of the molecule is O=S1(=O)CCC(NS(=O)(=O)CC2CCCCN2)CC1. The lowest BCUT2D eigenvalue weighted by Crippen LogP contribution is -2.47. The molecule has 8 heteroatoms. The summed E-state index contributed by atoms with van der Waals surface area (Å²) in [5, 5.41) is 3.21. The first-order valence-electron chi connectivity index (χ1n) is 6.80. The van der Waals surface area contributed by atoms with Gasteiger partial charge in [0, 0.05) is 12.1 Å². The van der Waals surface area contributed by atoms with Crippen molar-refractivity contribution in [1.82, 2.24) is 10.0 Å². The lowest BCUT2D eigenvalue weighted by atomic mass is 10.1. The number of piperidine rings is 1. The number of rotatable bonds is 4. The molecule has 2 saturated heterocycles. The van der Waals surface area contributed by atoms with Gasteiger partial charge in [0.05, 0.1) is 17.3 Å². The Morgan fingerprint density at radius 2 is 1.79 bits per heavy atom. The molecule has 0 spiro atoms. The van der Waals surface area contributed by atoms with E-state index in [1.54, 1.807) is 0 Å². The van der Waals surface area contributed by atoms with Crippen LogP contribution >= 0.6 is 0 Å². The van der Waals surface area contributed by atoms with Crippen molar-refractivity contribution >= 4 is 19.9 Å². The summed E-state index contributed by atoms with van der Waals surface area (Å²) < 4.78 is 49.3. The Labute approximate surface area is 115 Å². The van der Waals surface area contributed by atoms with Gasteiger partial charge in [-0.3, -0.25) is 0 Å². The smallest absolute Gasteiger partial charge is 0.213 e. The summed E-state index contributed by atoms with van der Waals surface area (Å²) in [7, 11) is -6.27. The maximum Gasteiger partial charge on any atom is 0.213 e. The molecule has 19 heavy (non-hydrogen) atoms. The Hall–Kier alpha value is -0.180. The molecule has 1 atom stereocenters. The van der Waals surface area contributed by atoms with Crippen molar-refractivity contribution in [1.29, 1.82) is 0 Å². The van der Waals surface area contributed by atoms with E-state index >= 15 is 0 Å². The zero-order valence-corrected chi connectivity index (χ0v) is 12.6. The van der Waals surface area contributed by atoms with E-state index in [-0.39, 0.29) is 29.3 Å². The van der Waals surface area contributed by atoms with Crippen LogP contribution in [-0.2, 0) is 19.9 Å². The summed E-state index contributed by atoms with van der Waals surface area (Å²) in [6.45, 7) is 0.877. The Balaban J connectivity index is 1.83. The third kappa shape index (κ3) is 5.02. The van der Waals surface area contributed by atoms with Crippen molar-refractivity contribution in [3.63, 3.8) is 0 Å². The Morgan fingerprint density at radius 3 is 2.37 bits per heavy atom. The van der Waals surface area contributed by atoms with Crippen LogP contribution in [0.2, 0.25) is 0 Å². The monoisotopic (exact) mass is 310 g/mol. The van der Waals surface area contributed by atoms with Crippen LogP contribution in [0.25, 0.3) is 0 Å². The number of sulfone groups is 1. The van der Waals surface area contributed by atoms with Gasteiger partial charge in [-0.2, -0.15) is 0 Å². The molecule has 2 aliphatic heterocycles. The first-order chi connectivity index (χ1) is 8.86. The van der Waals surface area contributed by atoms with Gasteiger partial charge in [0.25, 0.3) is 0 Å². The van der Waals surface area contributed by atoms with Gasteiger partial charge in [-0.15, -0.1) is 0 Å². The van der Waals surface area contributed by atoms with Gasteiger partial charge in [0.15, 0.2) is 0 Å². The molecule has 1 unspecified atom stereocenters. The van der Waals surface area contributed by atoms with Crippen LogP contribution in [0.15, 0.2) is 0 Å². The summed E-state index contributed by atoms with van der Waals surface area (Å²) in [5.74, 6) is 0.264. The molecule has 0 aromatic heterocycles. The number of sulfonamides is 1.